The Morgan fingerprint density at radius 1 is 1.38 bits per heavy atom. The smallest absolute Gasteiger partial charge is 0.318 e. The van der Waals surface area contributed by atoms with E-state index in [4.69, 9.17) is 4.42 Å². The summed E-state index contributed by atoms with van der Waals surface area (Å²) >= 11 is 0. The number of nitrogens with zero attached hydrogens (tertiary/aromatic N) is 1. The summed E-state index contributed by atoms with van der Waals surface area (Å²) in [6.45, 7) is 2.59. The van der Waals surface area contributed by atoms with Crippen molar-refractivity contribution in [1.82, 2.24) is 10.2 Å². The molecule has 1 heterocycles. The number of aliphatic hydroxyl groups excluding tert-OH is 1. The highest BCUT2D eigenvalue weighted by molar-refractivity contribution is 5.75. The lowest BCUT2D eigenvalue weighted by Crippen LogP contribution is -2.44. The van der Waals surface area contributed by atoms with E-state index >= 15 is 0 Å². The fourth-order valence-electron chi connectivity index (χ4n) is 3.43. The first-order valence-electron chi connectivity index (χ1n) is 8.47. The minimum Gasteiger partial charge on any atom is -0.469 e. The number of carbonyl (C=O) groups excluding carboxylic acids is 1. The van der Waals surface area contributed by atoms with Crippen molar-refractivity contribution >= 4 is 6.03 Å². The Labute approximate surface area is 142 Å². The van der Waals surface area contributed by atoms with Crippen LogP contribution in [0.2, 0.25) is 0 Å². The van der Waals surface area contributed by atoms with Gasteiger partial charge in [-0.05, 0) is 43.4 Å². The number of rotatable bonds is 5. The monoisotopic (exact) mass is 328 g/mol. The Balaban J connectivity index is 1.75. The molecule has 1 aliphatic carbocycles. The zero-order valence-electron chi connectivity index (χ0n) is 14.0. The molecule has 128 valence electrons. The summed E-state index contributed by atoms with van der Waals surface area (Å²) in [6.07, 6.45) is 4.65. The van der Waals surface area contributed by atoms with Crippen molar-refractivity contribution in [1.29, 1.82) is 0 Å². The van der Waals surface area contributed by atoms with Gasteiger partial charge in [-0.15, -0.1) is 0 Å². The molecule has 5 nitrogen and oxygen atoms in total. The third-order valence-corrected chi connectivity index (χ3v) is 4.71. The lowest BCUT2D eigenvalue weighted by molar-refractivity contribution is 0.144. The van der Waals surface area contributed by atoms with Crippen LogP contribution in [0.15, 0.2) is 41.0 Å². The van der Waals surface area contributed by atoms with Crippen molar-refractivity contribution < 1.29 is 14.3 Å². The van der Waals surface area contributed by atoms with Crippen molar-refractivity contribution in [3.05, 3.63) is 59.0 Å². The van der Waals surface area contributed by atoms with Gasteiger partial charge in [0.25, 0.3) is 0 Å². The molecule has 0 bridgehead atoms. The average molecular weight is 328 g/mol. The normalized spacial score (nSPS) is 16.5. The highest BCUT2D eigenvalue weighted by Crippen LogP contribution is 2.34. The lowest BCUT2D eigenvalue weighted by atomic mass is 9.87. The largest absolute Gasteiger partial charge is 0.469 e. The van der Waals surface area contributed by atoms with Crippen molar-refractivity contribution in [2.75, 3.05) is 13.2 Å². The number of nitrogens with one attached hydrogen (secondary N) is 1. The predicted octanol–water partition coefficient (Wildman–Crippen LogP) is 3.17. The molecule has 0 aliphatic heterocycles. The van der Waals surface area contributed by atoms with Gasteiger partial charge in [-0.25, -0.2) is 4.79 Å². The molecule has 24 heavy (non-hydrogen) atoms. The van der Waals surface area contributed by atoms with Gasteiger partial charge in [-0.1, -0.05) is 24.3 Å². The number of amides is 2. The Morgan fingerprint density at radius 3 is 2.96 bits per heavy atom. The number of aliphatic hydroxyl groups is 1. The number of urea groups is 1. The van der Waals surface area contributed by atoms with Gasteiger partial charge in [-0.3, -0.25) is 0 Å². The minimum absolute atomic E-state index is 0.0209. The van der Waals surface area contributed by atoms with E-state index in [2.05, 4.69) is 17.4 Å². The molecule has 3 rings (SSSR count). The first-order chi connectivity index (χ1) is 11.7. The molecule has 1 unspecified atom stereocenters. The Kier molecular flexibility index (Phi) is 5.20. The van der Waals surface area contributed by atoms with Crippen molar-refractivity contribution in [2.45, 2.75) is 38.8 Å². The fraction of sp³-hybridized carbons (Fsp3) is 0.421. The summed E-state index contributed by atoms with van der Waals surface area (Å²) in [6, 6.07) is 10.0. The van der Waals surface area contributed by atoms with Crippen molar-refractivity contribution in [3.8, 4) is 0 Å². The Bertz CT molecular complexity index is 695. The summed E-state index contributed by atoms with van der Waals surface area (Å²) < 4.78 is 5.26. The van der Waals surface area contributed by atoms with Crippen molar-refractivity contribution in [2.24, 2.45) is 0 Å². The maximum absolute atomic E-state index is 12.7. The van der Waals surface area contributed by atoms with Crippen molar-refractivity contribution in [3.63, 3.8) is 0 Å². The van der Waals surface area contributed by atoms with Crippen LogP contribution in [0, 0.1) is 6.92 Å². The molecule has 5 heteroatoms. The summed E-state index contributed by atoms with van der Waals surface area (Å²) in [5.74, 6) is 0.812. The number of benzene rings is 1. The molecule has 0 saturated carbocycles. The van der Waals surface area contributed by atoms with Crippen LogP contribution in [0.4, 0.5) is 4.79 Å². The summed E-state index contributed by atoms with van der Waals surface area (Å²) in [7, 11) is 0. The zero-order chi connectivity index (χ0) is 16.9. The molecule has 0 spiro atoms. The summed E-state index contributed by atoms with van der Waals surface area (Å²) in [5.41, 5.74) is 3.47. The summed E-state index contributed by atoms with van der Waals surface area (Å²) in [4.78, 5) is 14.5. The number of aryl methyl sites for hydroxylation is 2. The lowest BCUT2D eigenvalue weighted by Gasteiger charge is -2.35. The Hall–Kier alpha value is -2.27. The van der Waals surface area contributed by atoms with Crippen LogP contribution < -0.4 is 5.32 Å². The number of furan rings is 1. The SMILES string of the molecule is Cc1occc1CNC(=O)N(CCO)C1CCCc2ccccc21. The molecule has 0 radical (unpaired) electrons. The third kappa shape index (κ3) is 3.46. The van der Waals surface area contributed by atoms with E-state index in [1.54, 1.807) is 11.2 Å². The van der Waals surface area contributed by atoms with E-state index < -0.39 is 0 Å². The highest BCUT2D eigenvalue weighted by atomic mass is 16.3. The van der Waals surface area contributed by atoms with E-state index in [0.29, 0.717) is 13.1 Å². The van der Waals surface area contributed by atoms with Gasteiger partial charge in [0.05, 0.1) is 18.9 Å². The quantitative estimate of drug-likeness (QED) is 0.886. The van der Waals surface area contributed by atoms with E-state index in [0.717, 1.165) is 30.6 Å². The standard InChI is InChI=1S/C19H24N2O3/c1-14-16(9-12-24-14)13-20-19(23)21(10-11-22)18-8-4-6-15-5-2-3-7-17(15)18/h2-3,5,7,9,12,18,22H,4,6,8,10-11,13H2,1H3,(H,20,23). The fourth-order valence-corrected chi connectivity index (χ4v) is 3.43. The predicted molar refractivity (Wildman–Crippen MR) is 91.6 cm³/mol. The van der Waals surface area contributed by atoms with Crippen LogP contribution in [0.5, 0.6) is 0 Å². The van der Waals surface area contributed by atoms with E-state index in [1.165, 1.54) is 11.1 Å². The number of fused-ring (bicyclic) bond motifs is 1. The average Bonchev–Trinajstić information content (AvgIpc) is 3.02. The van der Waals surface area contributed by atoms with Crippen LogP contribution >= 0.6 is 0 Å². The number of hydrogen-bond donors (Lipinski definition) is 2. The second-order valence-electron chi connectivity index (χ2n) is 6.18. The first kappa shape index (κ1) is 16.6. The van der Waals surface area contributed by atoms with E-state index in [-0.39, 0.29) is 18.7 Å². The first-order valence-corrected chi connectivity index (χ1v) is 8.47. The minimum atomic E-state index is -0.147. The maximum atomic E-state index is 12.7. The van der Waals surface area contributed by atoms with Gasteiger partial charge in [0.2, 0.25) is 0 Å². The van der Waals surface area contributed by atoms with Gasteiger partial charge < -0.3 is 19.7 Å². The molecule has 2 amide bonds. The molecule has 1 aromatic carbocycles. The summed E-state index contributed by atoms with van der Waals surface area (Å²) in [5, 5.41) is 12.4. The molecular formula is C19H24N2O3. The van der Waals surface area contributed by atoms with E-state index in [1.807, 2.05) is 25.1 Å². The van der Waals surface area contributed by atoms with Crippen LogP contribution in [-0.2, 0) is 13.0 Å². The molecule has 1 aliphatic rings. The van der Waals surface area contributed by atoms with Crippen LogP contribution in [0.3, 0.4) is 0 Å². The number of hydrogen-bond acceptors (Lipinski definition) is 3. The molecule has 1 aromatic heterocycles. The zero-order valence-corrected chi connectivity index (χ0v) is 14.0. The molecule has 0 fully saturated rings. The molecule has 2 aromatic rings. The van der Waals surface area contributed by atoms with Gasteiger partial charge >= 0.3 is 6.03 Å². The van der Waals surface area contributed by atoms with E-state index in [9.17, 15) is 9.90 Å². The number of carbonyl (C=O) groups is 1. The third-order valence-electron chi connectivity index (χ3n) is 4.71. The topological polar surface area (TPSA) is 65.7 Å². The molecule has 1 atom stereocenters. The van der Waals surface area contributed by atoms with Crippen LogP contribution in [0.1, 0.15) is 41.3 Å². The van der Waals surface area contributed by atoms with Gasteiger partial charge in [-0.2, -0.15) is 0 Å². The highest BCUT2D eigenvalue weighted by Gasteiger charge is 2.28. The van der Waals surface area contributed by atoms with Crippen LogP contribution in [-0.4, -0.2) is 29.2 Å². The maximum Gasteiger partial charge on any atom is 0.318 e. The molecule has 2 N–H and O–H groups in total. The van der Waals surface area contributed by atoms with Gasteiger partial charge in [0.15, 0.2) is 0 Å². The van der Waals surface area contributed by atoms with Gasteiger partial charge in [0, 0.05) is 18.7 Å². The second-order valence-corrected chi connectivity index (χ2v) is 6.18. The van der Waals surface area contributed by atoms with Crippen LogP contribution in [0.25, 0.3) is 0 Å². The molecular weight excluding hydrogens is 304 g/mol. The van der Waals surface area contributed by atoms with Gasteiger partial charge in [0.1, 0.15) is 5.76 Å². The second kappa shape index (κ2) is 7.53. The Morgan fingerprint density at radius 2 is 2.21 bits per heavy atom. The molecule has 0 saturated heterocycles.